The van der Waals surface area contributed by atoms with Crippen LogP contribution in [0, 0.1) is 6.92 Å². The lowest BCUT2D eigenvalue weighted by Crippen LogP contribution is -2.36. The van der Waals surface area contributed by atoms with E-state index in [-0.39, 0.29) is 22.8 Å². The quantitative estimate of drug-likeness (QED) is 0.668. The van der Waals surface area contributed by atoms with Crippen molar-refractivity contribution in [2.24, 2.45) is 0 Å². The number of sulfone groups is 1. The van der Waals surface area contributed by atoms with Crippen molar-refractivity contribution in [3.05, 3.63) is 66.0 Å². The van der Waals surface area contributed by atoms with Gasteiger partial charge in [0.25, 0.3) is 5.91 Å². The fourth-order valence-electron chi connectivity index (χ4n) is 3.50. The van der Waals surface area contributed by atoms with Gasteiger partial charge in [-0.25, -0.2) is 13.4 Å². The van der Waals surface area contributed by atoms with Crippen LogP contribution in [0.2, 0.25) is 0 Å². The van der Waals surface area contributed by atoms with Crippen LogP contribution in [0.5, 0.6) is 0 Å². The molecule has 2 aromatic heterocycles. The van der Waals surface area contributed by atoms with Crippen molar-refractivity contribution >= 4 is 21.4 Å². The Morgan fingerprint density at radius 3 is 2.53 bits per heavy atom. The molecule has 1 fully saturated rings. The van der Waals surface area contributed by atoms with Gasteiger partial charge in [0.1, 0.15) is 0 Å². The van der Waals surface area contributed by atoms with Crippen LogP contribution < -0.4 is 11.1 Å². The zero-order valence-corrected chi connectivity index (χ0v) is 17.3. The van der Waals surface area contributed by atoms with Crippen LogP contribution in [-0.2, 0) is 9.84 Å². The summed E-state index contributed by atoms with van der Waals surface area (Å²) in [5.41, 5.74) is 10.4. The molecule has 0 radical (unpaired) electrons. The highest BCUT2D eigenvalue weighted by Crippen LogP contribution is 2.31. The van der Waals surface area contributed by atoms with Gasteiger partial charge in [0, 0.05) is 29.1 Å². The van der Waals surface area contributed by atoms with E-state index >= 15 is 0 Å². The number of anilines is 1. The number of nitrogen functional groups attached to an aromatic ring is 1. The van der Waals surface area contributed by atoms with Gasteiger partial charge in [-0.05, 0) is 31.5 Å². The predicted octanol–water partition coefficient (Wildman–Crippen LogP) is 2.62. The maximum absolute atomic E-state index is 13.0. The topological polar surface area (TPSA) is 115 Å². The Bertz CT molecular complexity index is 1190. The number of carbonyl (C=O) groups is 1. The molecule has 4 rings (SSSR count). The molecule has 1 amide bonds. The van der Waals surface area contributed by atoms with Crippen LogP contribution in [0.1, 0.15) is 22.5 Å². The molecule has 0 spiro atoms. The summed E-state index contributed by atoms with van der Waals surface area (Å²) in [6, 6.07) is 14.4. The molecule has 0 bridgehead atoms. The Kier molecular flexibility index (Phi) is 5.26. The van der Waals surface area contributed by atoms with Crippen molar-refractivity contribution in [1.82, 2.24) is 15.3 Å². The maximum atomic E-state index is 13.0. The lowest BCUT2D eigenvalue weighted by Gasteiger charge is -2.16. The van der Waals surface area contributed by atoms with E-state index in [0.29, 0.717) is 17.8 Å². The van der Waals surface area contributed by atoms with Crippen molar-refractivity contribution in [2.75, 3.05) is 17.2 Å². The van der Waals surface area contributed by atoms with E-state index in [1.54, 1.807) is 12.3 Å². The van der Waals surface area contributed by atoms with E-state index < -0.39 is 21.8 Å². The van der Waals surface area contributed by atoms with Crippen molar-refractivity contribution in [2.45, 2.75) is 19.4 Å². The third-order valence-corrected chi connectivity index (χ3v) is 6.89. The van der Waals surface area contributed by atoms with E-state index in [9.17, 15) is 13.2 Å². The maximum Gasteiger partial charge on any atom is 0.253 e. The minimum Gasteiger partial charge on any atom is -0.396 e. The number of hydrogen-bond donors (Lipinski definition) is 2. The molecule has 3 N–H and O–H groups in total. The highest BCUT2D eigenvalue weighted by molar-refractivity contribution is 7.91. The summed E-state index contributed by atoms with van der Waals surface area (Å²) in [5.74, 6) is -0.376. The van der Waals surface area contributed by atoms with Gasteiger partial charge in [0.05, 0.1) is 34.1 Å². The lowest BCUT2D eigenvalue weighted by molar-refractivity contribution is 0.0942. The summed E-state index contributed by atoms with van der Waals surface area (Å²) in [5, 5.41) is 2.82. The zero-order valence-electron chi connectivity index (χ0n) is 16.5. The van der Waals surface area contributed by atoms with Crippen molar-refractivity contribution in [3.63, 3.8) is 0 Å². The summed E-state index contributed by atoms with van der Waals surface area (Å²) in [4.78, 5) is 22.0. The summed E-state index contributed by atoms with van der Waals surface area (Å²) >= 11 is 0. The first-order valence-electron chi connectivity index (χ1n) is 9.63. The van der Waals surface area contributed by atoms with Crippen LogP contribution in [0.25, 0.3) is 22.5 Å². The number of aromatic nitrogens is 2. The van der Waals surface area contributed by atoms with Gasteiger partial charge in [-0.3, -0.25) is 9.78 Å². The zero-order chi connectivity index (χ0) is 21.3. The number of nitrogens with zero attached hydrogens (tertiary/aromatic N) is 2. The number of nitrogens with one attached hydrogen (secondary N) is 1. The summed E-state index contributed by atoms with van der Waals surface area (Å²) in [6.45, 7) is 1.89. The van der Waals surface area contributed by atoms with E-state index in [2.05, 4.69) is 10.3 Å². The van der Waals surface area contributed by atoms with Crippen LogP contribution in [0.15, 0.2) is 54.7 Å². The lowest BCUT2D eigenvalue weighted by atomic mass is 10.0. The number of pyridine rings is 2. The standard InChI is InChI=1S/C22H22N4O3S/c1-14-7-8-16(12-24-14)19-11-18(22(27)25-17-9-10-30(28,29)13-17)20(23)21(26-19)15-5-3-2-4-6-15/h2-8,11-12,17H,9-10,13,23H2,1H3,(H,25,27)/t17-/m1/s1. The molecule has 0 unspecified atom stereocenters. The third kappa shape index (κ3) is 4.18. The van der Waals surface area contributed by atoms with E-state index in [0.717, 1.165) is 16.8 Å². The molecule has 1 saturated heterocycles. The average Bonchev–Trinajstić information content (AvgIpc) is 3.07. The Morgan fingerprint density at radius 1 is 1.13 bits per heavy atom. The fraction of sp³-hybridized carbons (Fsp3) is 0.227. The number of hydrogen-bond acceptors (Lipinski definition) is 6. The third-order valence-electron chi connectivity index (χ3n) is 5.13. The van der Waals surface area contributed by atoms with Gasteiger partial charge in [0.15, 0.2) is 9.84 Å². The van der Waals surface area contributed by atoms with Gasteiger partial charge in [-0.15, -0.1) is 0 Å². The minimum atomic E-state index is -3.11. The summed E-state index contributed by atoms with van der Waals surface area (Å²) in [7, 11) is -3.11. The summed E-state index contributed by atoms with van der Waals surface area (Å²) in [6.07, 6.45) is 2.10. The second-order valence-electron chi connectivity index (χ2n) is 7.45. The summed E-state index contributed by atoms with van der Waals surface area (Å²) < 4.78 is 23.5. The van der Waals surface area contributed by atoms with Gasteiger partial charge >= 0.3 is 0 Å². The number of amides is 1. The van der Waals surface area contributed by atoms with E-state index in [1.807, 2.05) is 49.4 Å². The predicted molar refractivity (Wildman–Crippen MR) is 117 cm³/mol. The number of nitrogens with two attached hydrogens (primary N) is 1. The van der Waals surface area contributed by atoms with Crippen molar-refractivity contribution < 1.29 is 13.2 Å². The second kappa shape index (κ2) is 7.87. The molecule has 8 heteroatoms. The molecule has 7 nitrogen and oxygen atoms in total. The van der Waals surface area contributed by atoms with Crippen molar-refractivity contribution in [3.8, 4) is 22.5 Å². The number of benzene rings is 1. The van der Waals surface area contributed by atoms with E-state index in [4.69, 9.17) is 10.7 Å². The molecule has 1 aliphatic rings. The highest BCUT2D eigenvalue weighted by atomic mass is 32.2. The molecule has 0 saturated carbocycles. The average molecular weight is 423 g/mol. The molecule has 1 aliphatic heterocycles. The molecule has 1 atom stereocenters. The second-order valence-corrected chi connectivity index (χ2v) is 9.67. The normalized spacial score (nSPS) is 17.6. The van der Waals surface area contributed by atoms with Crippen LogP contribution in [0.4, 0.5) is 5.69 Å². The van der Waals surface area contributed by atoms with Crippen LogP contribution in [0.3, 0.4) is 0 Å². The van der Waals surface area contributed by atoms with Gasteiger partial charge in [-0.1, -0.05) is 30.3 Å². The smallest absolute Gasteiger partial charge is 0.253 e. The molecule has 3 heterocycles. The Labute approximate surface area is 175 Å². The molecule has 3 aromatic rings. The highest BCUT2D eigenvalue weighted by Gasteiger charge is 2.30. The monoisotopic (exact) mass is 422 g/mol. The number of rotatable bonds is 4. The number of carbonyl (C=O) groups excluding carboxylic acids is 1. The van der Waals surface area contributed by atoms with Gasteiger partial charge in [0.2, 0.25) is 0 Å². The van der Waals surface area contributed by atoms with E-state index in [1.165, 1.54) is 0 Å². The number of aryl methyl sites for hydroxylation is 1. The SMILES string of the molecule is Cc1ccc(-c2cc(C(=O)N[C@@H]3CCS(=O)(=O)C3)c(N)c(-c3ccccc3)n2)cn1. The Hall–Kier alpha value is -3.26. The van der Waals surface area contributed by atoms with Crippen LogP contribution >= 0.6 is 0 Å². The minimum absolute atomic E-state index is 0.0516. The largest absolute Gasteiger partial charge is 0.396 e. The molecule has 154 valence electrons. The molecular weight excluding hydrogens is 400 g/mol. The molecule has 1 aromatic carbocycles. The van der Waals surface area contributed by atoms with Gasteiger partial charge < -0.3 is 11.1 Å². The molecule has 0 aliphatic carbocycles. The van der Waals surface area contributed by atoms with Gasteiger partial charge in [-0.2, -0.15) is 0 Å². The Morgan fingerprint density at radius 2 is 1.90 bits per heavy atom. The molecular formula is C22H22N4O3S. The van der Waals surface area contributed by atoms with Crippen molar-refractivity contribution in [1.29, 1.82) is 0 Å². The molecule has 30 heavy (non-hydrogen) atoms. The fourth-order valence-corrected chi connectivity index (χ4v) is 5.17. The first-order valence-corrected chi connectivity index (χ1v) is 11.4. The first kappa shape index (κ1) is 20.0. The Balaban J connectivity index is 1.77. The van der Waals surface area contributed by atoms with Crippen LogP contribution in [-0.4, -0.2) is 41.8 Å². The first-order chi connectivity index (χ1) is 14.3.